The second kappa shape index (κ2) is 9.90. The van der Waals surface area contributed by atoms with Gasteiger partial charge in [-0.3, -0.25) is 4.79 Å². The van der Waals surface area contributed by atoms with Crippen LogP contribution in [0.15, 0.2) is 48.5 Å². The third kappa shape index (κ3) is 5.08. The van der Waals surface area contributed by atoms with E-state index in [2.05, 4.69) is 22.0 Å². The van der Waals surface area contributed by atoms with Crippen LogP contribution < -0.4 is 14.4 Å². The van der Waals surface area contributed by atoms with Gasteiger partial charge < -0.3 is 19.3 Å². The molecule has 1 fully saturated rings. The molecule has 1 aliphatic heterocycles. The van der Waals surface area contributed by atoms with Gasteiger partial charge in [-0.15, -0.1) is 0 Å². The summed E-state index contributed by atoms with van der Waals surface area (Å²) in [7, 11) is 3.28. The van der Waals surface area contributed by atoms with Crippen molar-refractivity contribution in [1.29, 1.82) is 0 Å². The molecule has 0 saturated carbocycles. The van der Waals surface area contributed by atoms with E-state index in [0.29, 0.717) is 24.4 Å². The van der Waals surface area contributed by atoms with Gasteiger partial charge in [0.1, 0.15) is 23.1 Å². The number of hydrogen-bond acceptors (Lipinski definition) is 6. The van der Waals surface area contributed by atoms with Gasteiger partial charge in [-0.1, -0.05) is 18.2 Å². The normalized spacial score (nSPS) is 13.7. The number of anilines is 1. The highest BCUT2D eigenvalue weighted by atomic mass is 16.5. The molecule has 0 spiro atoms. The molecule has 0 bridgehead atoms. The first-order valence-electron chi connectivity index (χ1n) is 11.1. The fraction of sp³-hybridized carbons (Fsp3) is 0.346. The Morgan fingerprint density at radius 1 is 0.909 bits per heavy atom. The maximum atomic E-state index is 13.0. The van der Waals surface area contributed by atoms with Gasteiger partial charge in [-0.25, -0.2) is 9.97 Å². The topological polar surface area (TPSA) is 67.8 Å². The molecular weight excluding hydrogens is 416 g/mol. The lowest BCUT2D eigenvalue weighted by molar-refractivity contribution is 0.0746. The number of carbonyl (C=O) groups excluding carboxylic acids is 1. The van der Waals surface area contributed by atoms with E-state index in [9.17, 15) is 4.79 Å². The van der Waals surface area contributed by atoms with Crippen molar-refractivity contribution in [1.82, 2.24) is 14.9 Å². The Hall–Kier alpha value is -3.61. The second-order valence-corrected chi connectivity index (χ2v) is 8.19. The number of carbonyl (C=O) groups is 1. The zero-order valence-electron chi connectivity index (χ0n) is 19.7. The number of hydrogen-bond donors (Lipinski definition) is 0. The van der Waals surface area contributed by atoms with Crippen molar-refractivity contribution in [2.24, 2.45) is 0 Å². The minimum absolute atomic E-state index is 0.0297. The van der Waals surface area contributed by atoms with E-state index in [0.717, 1.165) is 48.2 Å². The van der Waals surface area contributed by atoms with Crippen LogP contribution >= 0.6 is 0 Å². The van der Waals surface area contributed by atoms with Crippen molar-refractivity contribution in [3.05, 3.63) is 76.7 Å². The van der Waals surface area contributed by atoms with Crippen molar-refractivity contribution in [3.8, 4) is 11.5 Å². The lowest BCUT2D eigenvalue weighted by atomic mass is 10.0. The number of rotatable bonds is 6. The molecule has 1 saturated heterocycles. The van der Waals surface area contributed by atoms with Crippen LogP contribution in [0.25, 0.3) is 0 Å². The molecule has 0 N–H and O–H groups in total. The molecule has 1 aromatic heterocycles. The van der Waals surface area contributed by atoms with Crippen LogP contribution in [0.3, 0.4) is 0 Å². The summed E-state index contributed by atoms with van der Waals surface area (Å²) in [6, 6.07) is 15.4. The van der Waals surface area contributed by atoms with Crippen molar-refractivity contribution >= 4 is 11.7 Å². The standard InChI is InChI=1S/C26H30N4O3/c1-18-24(16-20-8-10-22(32-3)11-9-20)25(28-19(2)27-18)29-12-14-30(15-13-29)26(31)21-6-5-7-23(17-21)33-4/h5-11,17H,12-16H2,1-4H3. The maximum Gasteiger partial charge on any atom is 0.254 e. The largest absolute Gasteiger partial charge is 0.497 e. The molecule has 33 heavy (non-hydrogen) atoms. The molecule has 7 nitrogen and oxygen atoms in total. The molecule has 2 heterocycles. The summed E-state index contributed by atoms with van der Waals surface area (Å²) in [5, 5.41) is 0. The van der Waals surface area contributed by atoms with E-state index in [1.165, 1.54) is 5.56 Å². The van der Waals surface area contributed by atoms with Gasteiger partial charge in [0.15, 0.2) is 0 Å². The zero-order valence-corrected chi connectivity index (χ0v) is 19.7. The lowest BCUT2D eigenvalue weighted by Gasteiger charge is -2.36. The Balaban J connectivity index is 1.51. The van der Waals surface area contributed by atoms with Gasteiger partial charge in [0.05, 0.1) is 14.2 Å². The minimum atomic E-state index is 0.0297. The Labute approximate surface area is 195 Å². The number of piperazine rings is 1. The Bertz CT molecular complexity index is 1120. The maximum absolute atomic E-state index is 13.0. The first-order valence-corrected chi connectivity index (χ1v) is 11.1. The van der Waals surface area contributed by atoms with Gasteiger partial charge in [-0.05, 0) is 49.7 Å². The molecule has 0 atom stereocenters. The molecule has 172 valence electrons. The Morgan fingerprint density at radius 2 is 1.61 bits per heavy atom. The fourth-order valence-electron chi connectivity index (χ4n) is 4.19. The fourth-order valence-corrected chi connectivity index (χ4v) is 4.19. The van der Waals surface area contributed by atoms with Gasteiger partial charge in [-0.2, -0.15) is 0 Å². The lowest BCUT2D eigenvalue weighted by Crippen LogP contribution is -2.49. The zero-order chi connectivity index (χ0) is 23.4. The monoisotopic (exact) mass is 446 g/mol. The first kappa shape index (κ1) is 22.6. The third-order valence-electron chi connectivity index (χ3n) is 6.03. The molecule has 1 amide bonds. The van der Waals surface area contributed by atoms with Crippen LogP contribution in [-0.2, 0) is 6.42 Å². The predicted molar refractivity (Wildman–Crippen MR) is 128 cm³/mol. The average Bonchev–Trinajstić information content (AvgIpc) is 2.85. The number of ether oxygens (including phenoxy) is 2. The number of nitrogens with zero attached hydrogens (tertiary/aromatic N) is 4. The van der Waals surface area contributed by atoms with Gasteiger partial charge in [0, 0.05) is 49.4 Å². The third-order valence-corrected chi connectivity index (χ3v) is 6.03. The predicted octanol–water partition coefficient (Wildman–Crippen LogP) is 3.66. The van der Waals surface area contributed by atoms with E-state index in [1.54, 1.807) is 20.3 Å². The van der Waals surface area contributed by atoms with E-state index in [1.807, 2.05) is 49.1 Å². The molecule has 0 radical (unpaired) electrons. The summed E-state index contributed by atoms with van der Waals surface area (Å²) in [6.45, 7) is 6.69. The van der Waals surface area contributed by atoms with Gasteiger partial charge >= 0.3 is 0 Å². The summed E-state index contributed by atoms with van der Waals surface area (Å²) in [5.41, 5.74) is 3.94. The van der Waals surface area contributed by atoms with Crippen molar-refractivity contribution in [3.63, 3.8) is 0 Å². The number of amides is 1. The summed E-state index contributed by atoms with van der Waals surface area (Å²) in [6.07, 6.45) is 0.744. The number of benzene rings is 2. The first-order chi connectivity index (χ1) is 16.0. The second-order valence-electron chi connectivity index (χ2n) is 8.19. The molecule has 1 aliphatic rings. The summed E-state index contributed by atoms with van der Waals surface area (Å²) < 4.78 is 10.5. The van der Waals surface area contributed by atoms with Crippen LogP contribution in [0.2, 0.25) is 0 Å². The van der Waals surface area contributed by atoms with Crippen molar-refractivity contribution in [2.45, 2.75) is 20.3 Å². The number of methoxy groups -OCH3 is 2. The minimum Gasteiger partial charge on any atom is -0.497 e. The summed E-state index contributed by atoms with van der Waals surface area (Å²) in [4.78, 5) is 26.6. The summed E-state index contributed by atoms with van der Waals surface area (Å²) >= 11 is 0. The molecular formula is C26H30N4O3. The van der Waals surface area contributed by atoms with Gasteiger partial charge in [0.2, 0.25) is 0 Å². The molecule has 0 unspecified atom stereocenters. The number of aryl methyl sites for hydroxylation is 2. The van der Waals surface area contributed by atoms with Crippen LogP contribution in [0.5, 0.6) is 11.5 Å². The Morgan fingerprint density at radius 3 is 2.27 bits per heavy atom. The highest BCUT2D eigenvalue weighted by Crippen LogP contribution is 2.26. The van der Waals surface area contributed by atoms with Gasteiger partial charge in [0.25, 0.3) is 5.91 Å². The van der Waals surface area contributed by atoms with Crippen molar-refractivity contribution < 1.29 is 14.3 Å². The van der Waals surface area contributed by atoms with E-state index >= 15 is 0 Å². The smallest absolute Gasteiger partial charge is 0.254 e. The van der Waals surface area contributed by atoms with Crippen LogP contribution in [0, 0.1) is 13.8 Å². The SMILES string of the molecule is COc1ccc(Cc2c(C)nc(C)nc2N2CCN(C(=O)c3cccc(OC)c3)CC2)cc1. The molecule has 0 aliphatic carbocycles. The molecule has 3 aromatic rings. The Kier molecular flexibility index (Phi) is 6.77. The summed E-state index contributed by atoms with van der Waals surface area (Å²) in [5.74, 6) is 3.28. The molecule has 4 rings (SSSR count). The van der Waals surface area contributed by atoms with Crippen LogP contribution in [0.1, 0.15) is 33.0 Å². The van der Waals surface area contributed by atoms with Crippen LogP contribution in [-0.4, -0.2) is 61.2 Å². The van der Waals surface area contributed by atoms with Crippen molar-refractivity contribution in [2.75, 3.05) is 45.3 Å². The van der Waals surface area contributed by atoms with Crippen LogP contribution in [0.4, 0.5) is 5.82 Å². The van der Waals surface area contributed by atoms with E-state index in [-0.39, 0.29) is 5.91 Å². The highest BCUT2D eigenvalue weighted by Gasteiger charge is 2.25. The number of aromatic nitrogens is 2. The highest BCUT2D eigenvalue weighted by molar-refractivity contribution is 5.94. The van der Waals surface area contributed by atoms with E-state index < -0.39 is 0 Å². The molecule has 7 heteroatoms. The average molecular weight is 447 g/mol. The molecule has 2 aromatic carbocycles. The van der Waals surface area contributed by atoms with E-state index in [4.69, 9.17) is 14.5 Å². The quantitative estimate of drug-likeness (QED) is 0.576.